The Bertz CT molecular complexity index is 203. The molecule has 0 saturated carbocycles. The second-order valence-electron chi connectivity index (χ2n) is 3.56. The molecule has 0 saturated heterocycles. The van der Waals surface area contributed by atoms with Gasteiger partial charge in [-0.2, -0.15) is 0 Å². The van der Waals surface area contributed by atoms with E-state index in [1.54, 1.807) is 20.8 Å². The second-order valence-corrected chi connectivity index (χ2v) is 3.56. The Morgan fingerprint density at radius 3 is 2.08 bits per heavy atom. The third-order valence-electron chi connectivity index (χ3n) is 1.01. The Morgan fingerprint density at radius 1 is 1.31 bits per heavy atom. The number of carbonyl (C=O) groups is 2. The number of hydrogen-bond acceptors (Lipinski definition) is 4. The van der Waals surface area contributed by atoms with Crippen LogP contribution < -0.4 is 0 Å². The van der Waals surface area contributed by atoms with Crippen molar-refractivity contribution in [1.82, 2.24) is 0 Å². The smallest absolute Gasteiger partial charge is 0.479 e. The number of carboxylic acid groups (broad SMARTS) is 1. The molecule has 0 aromatic rings. The van der Waals surface area contributed by atoms with Crippen LogP contribution in [-0.2, 0) is 14.3 Å². The van der Waals surface area contributed by atoms with Crippen molar-refractivity contribution in [3.8, 4) is 0 Å². The van der Waals surface area contributed by atoms with E-state index in [0.29, 0.717) is 0 Å². The summed E-state index contributed by atoms with van der Waals surface area (Å²) in [5, 5.41) is 8.40. The first kappa shape index (κ1) is 11.7. The minimum Gasteiger partial charge on any atom is -0.479 e. The zero-order valence-corrected chi connectivity index (χ0v) is 8.16. The van der Waals surface area contributed by atoms with Gasteiger partial charge in [0.2, 0.25) is 0 Å². The molecule has 0 fully saturated rings. The SMILES string of the molecule is CC(OC(=O)OC(C)(C)C)C(=O)O. The molecule has 1 N–H and O–H groups in total. The van der Waals surface area contributed by atoms with E-state index in [1.807, 2.05) is 0 Å². The van der Waals surface area contributed by atoms with Crippen LogP contribution in [0.1, 0.15) is 27.7 Å². The molecule has 0 aliphatic heterocycles. The molecule has 0 bridgehead atoms. The number of rotatable bonds is 2. The summed E-state index contributed by atoms with van der Waals surface area (Å²) < 4.78 is 9.16. The topological polar surface area (TPSA) is 72.8 Å². The van der Waals surface area contributed by atoms with E-state index in [2.05, 4.69) is 4.74 Å². The molecule has 0 amide bonds. The maximum absolute atomic E-state index is 10.9. The van der Waals surface area contributed by atoms with Crippen LogP contribution in [0.25, 0.3) is 0 Å². The van der Waals surface area contributed by atoms with Gasteiger partial charge in [0.25, 0.3) is 0 Å². The monoisotopic (exact) mass is 190 g/mol. The Hall–Kier alpha value is -1.26. The summed E-state index contributed by atoms with van der Waals surface area (Å²) in [5.74, 6) is -1.20. The van der Waals surface area contributed by atoms with Crippen molar-refractivity contribution in [3.63, 3.8) is 0 Å². The van der Waals surface area contributed by atoms with E-state index in [0.717, 1.165) is 0 Å². The van der Waals surface area contributed by atoms with Gasteiger partial charge in [-0.25, -0.2) is 9.59 Å². The van der Waals surface area contributed by atoms with Crippen molar-refractivity contribution in [2.75, 3.05) is 0 Å². The van der Waals surface area contributed by atoms with Crippen molar-refractivity contribution < 1.29 is 24.2 Å². The Kier molecular flexibility index (Phi) is 3.71. The standard InChI is InChI=1S/C8H14O5/c1-5(6(9)10)12-7(11)13-8(2,3)4/h5H,1-4H3,(H,9,10). The van der Waals surface area contributed by atoms with Crippen LogP contribution in [0.3, 0.4) is 0 Å². The zero-order chi connectivity index (χ0) is 10.6. The fraction of sp³-hybridized carbons (Fsp3) is 0.750. The van der Waals surface area contributed by atoms with E-state index >= 15 is 0 Å². The lowest BCUT2D eigenvalue weighted by Crippen LogP contribution is -2.29. The van der Waals surface area contributed by atoms with E-state index in [1.165, 1.54) is 6.92 Å². The number of ether oxygens (including phenoxy) is 2. The molecule has 5 heteroatoms. The zero-order valence-electron chi connectivity index (χ0n) is 8.16. The van der Waals surface area contributed by atoms with Crippen molar-refractivity contribution in [3.05, 3.63) is 0 Å². The first-order valence-electron chi connectivity index (χ1n) is 3.85. The van der Waals surface area contributed by atoms with Gasteiger partial charge in [-0.1, -0.05) is 0 Å². The van der Waals surface area contributed by atoms with Crippen molar-refractivity contribution >= 4 is 12.1 Å². The van der Waals surface area contributed by atoms with Crippen LogP contribution in [0.5, 0.6) is 0 Å². The minimum atomic E-state index is -1.20. The van der Waals surface area contributed by atoms with Crippen molar-refractivity contribution in [2.24, 2.45) is 0 Å². The van der Waals surface area contributed by atoms with Gasteiger partial charge in [0.1, 0.15) is 5.60 Å². The van der Waals surface area contributed by atoms with E-state index in [4.69, 9.17) is 9.84 Å². The average Bonchev–Trinajstić information content (AvgIpc) is 1.81. The van der Waals surface area contributed by atoms with E-state index in [-0.39, 0.29) is 0 Å². The average molecular weight is 190 g/mol. The van der Waals surface area contributed by atoms with Gasteiger partial charge >= 0.3 is 12.1 Å². The third-order valence-corrected chi connectivity index (χ3v) is 1.01. The maximum atomic E-state index is 10.9. The lowest BCUT2D eigenvalue weighted by molar-refractivity contribution is -0.148. The van der Waals surface area contributed by atoms with Gasteiger partial charge in [-0.15, -0.1) is 0 Å². The molecule has 76 valence electrons. The van der Waals surface area contributed by atoms with Crippen LogP contribution >= 0.6 is 0 Å². The highest BCUT2D eigenvalue weighted by Crippen LogP contribution is 2.09. The van der Waals surface area contributed by atoms with Gasteiger partial charge < -0.3 is 14.6 Å². The second kappa shape index (κ2) is 4.11. The molecular formula is C8H14O5. The molecule has 0 heterocycles. The predicted octanol–water partition coefficient (Wildman–Crippen LogP) is 1.41. The molecule has 0 radical (unpaired) electrons. The molecule has 0 aromatic carbocycles. The number of carbonyl (C=O) groups excluding carboxylic acids is 1. The molecule has 1 atom stereocenters. The molecular weight excluding hydrogens is 176 g/mol. The molecule has 0 spiro atoms. The van der Waals surface area contributed by atoms with Gasteiger partial charge in [-0.3, -0.25) is 0 Å². The van der Waals surface area contributed by atoms with Gasteiger partial charge in [0.15, 0.2) is 6.10 Å². The van der Waals surface area contributed by atoms with Gasteiger partial charge in [-0.05, 0) is 27.7 Å². The summed E-state index contributed by atoms with van der Waals surface area (Å²) in [6.07, 6.45) is -2.16. The lowest BCUT2D eigenvalue weighted by Gasteiger charge is -2.19. The molecule has 1 unspecified atom stereocenters. The quantitative estimate of drug-likeness (QED) is 0.666. The molecule has 5 nitrogen and oxygen atoms in total. The lowest BCUT2D eigenvalue weighted by atomic mass is 10.2. The Balaban J connectivity index is 3.96. The van der Waals surface area contributed by atoms with Crippen LogP contribution in [0.4, 0.5) is 4.79 Å². The third kappa shape index (κ3) is 5.95. The first-order chi connectivity index (χ1) is 5.72. The number of carboxylic acids is 1. The molecule has 0 aliphatic carbocycles. The summed E-state index contributed by atoms with van der Waals surface area (Å²) in [5.41, 5.74) is -0.671. The molecule has 13 heavy (non-hydrogen) atoms. The van der Waals surface area contributed by atoms with Gasteiger partial charge in [0, 0.05) is 0 Å². The van der Waals surface area contributed by atoms with Crippen molar-refractivity contribution in [1.29, 1.82) is 0 Å². The highest BCUT2D eigenvalue weighted by molar-refractivity contribution is 5.75. The Morgan fingerprint density at radius 2 is 1.77 bits per heavy atom. The fourth-order valence-corrected chi connectivity index (χ4v) is 0.469. The summed E-state index contributed by atoms with van der Waals surface area (Å²) >= 11 is 0. The molecule has 0 rings (SSSR count). The van der Waals surface area contributed by atoms with Crippen LogP contribution in [0.2, 0.25) is 0 Å². The normalized spacial score (nSPS) is 13.2. The predicted molar refractivity (Wildman–Crippen MR) is 44.4 cm³/mol. The summed E-state index contributed by atoms with van der Waals surface area (Å²) in [7, 11) is 0. The van der Waals surface area contributed by atoms with Gasteiger partial charge in [0.05, 0.1) is 0 Å². The highest BCUT2D eigenvalue weighted by Gasteiger charge is 2.22. The van der Waals surface area contributed by atoms with Crippen LogP contribution in [0, 0.1) is 0 Å². The summed E-state index contributed by atoms with van der Waals surface area (Å²) in [4.78, 5) is 21.1. The van der Waals surface area contributed by atoms with E-state index in [9.17, 15) is 9.59 Å². The largest absolute Gasteiger partial charge is 0.509 e. The van der Waals surface area contributed by atoms with Crippen LogP contribution in [-0.4, -0.2) is 28.9 Å². The van der Waals surface area contributed by atoms with Crippen molar-refractivity contribution in [2.45, 2.75) is 39.4 Å². The minimum absolute atomic E-state index is 0.671. The molecule has 0 aromatic heterocycles. The Labute approximate surface area is 76.6 Å². The fourth-order valence-electron chi connectivity index (χ4n) is 0.469. The number of aliphatic carboxylic acids is 1. The maximum Gasteiger partial charge on any atom is 0.509 e. The summed E-state index contributed by atoms with van der Waals surface area (Å²) in [6.45, 7) is 6.26. The van der Waals surface area contributed by atoms with Crippen LogP contribution in [0.15, 0.2) is 0 Å². The first-order valence-corrected chi connectivity index (χ1v) is 3.85. The summed E-state index contributed by atoms with van der Waals surface area (Å²) in [6, 6.07) is 0. The molecule has 0 aliphatic rings. The van der Waals surface area contributed by atoms with E-state index < -0.39 is 23.8 Å². The number of hydrogen-bond donors (Lipinski definition) is 1. The highest BCUT2D eigenvalue weighted by atomic mass is 16.7.